The third-order valence-electron chi connectivity index (χ3n) is 3.11. The number of benzene rings is 1. The molecule has 0 radical (unpaired) electrons. The fourth-order valence-electron chi connectivity index (χ4n) is 1.99. The number of anilines is 1. The lowest BCUT2D eigenvalue weighted by Gasteiger charge is -2.09. The van der Waals surface area contributed by atoms with Gasteiger partial charge in [0.25, 0.3) is 0 Å². The van der Waals surface area contributed by atoms with Gasteiger partial charge in [-0.1, -0.05) is 12.1 Å². The lowest BCUT2D eigenvalue weighted by atomic mass is 10.1. The molecule has 0 aliphatic rings. The Morgan fingerprint density at radius 2 is 2.20 bits per heavy atom. The first kappa shape index (κ1) is 13.9. The van der Waals surface area contributed by atoms with E-state index in [-0.39, 0.29) is 0 Å². The monoisotopic (exact) mass is 267 g/mol. The minimum absolute atomic E-state index is 0.609. The van der Waals surface area contributed by atoms with Gasteiger partial charge >= 0.3 is 0 Å². The minimum Gasteiger partial charge on any atom is -0.497 e. The van der Waals surface area contributed by atoms with E-state index in [0.29, 0.717) is 11.4 Å². The first-order chi connectivity index (χ1) is 9.74. The van der Waals surface area contributed by atoms with Gasteiger partial charge in [-0.25, -0.2) is 4.98 Å². The molecule has 1 heterocycles. The number of hydrogen-bond donors (Lipinski definition) is 1. The molecule has 102 valence electrons. The normalized spacial score (nSPS) is 9.85. The summed E-state index contributed by atoms with van der Waals surface area (Å²) in [6, 6.07) is 12.0. The summed E-state index contributed by atoms with van der Waals surface area (Å²) in [5.41, 5.74) is 2.73. The average Bonchev–Trinajstić information content (AvgIpc) is 2.48. The maximum Gasteiger partial charge on any atom is 0.144 e. The van der Waals surface area contributed by atoms with Crippen molar-refractivity contribution in [1.29, 1.82) is 5.26 Å². The van der Waals surface area contributed by atoms with Gasteiger partial charge in [0.2, 0.25) is 0 Å². The van der Waals surface area contributed by atoms with Crippen LogP contribution in [0.4, 0.5) is 5.82 Å². The Balaban J connectivity index is 2.00. The van der Waals surface area contributed by atoms with Crippen LogP contribution in [-0.4, -0.2) is 18.6 Å². The van der Waals surface area contributed by atoms with Crippen LogP contribution in [-0.2, 0) is 6.42 Å². The molecule has 2 rings (SSSR count). The summed E-state index contributed by atoms with van der Waals surface area (Å²) in [6.07, 6.45) is 2.56. The number of methoxy groups -OCH3 is 1. The standard InChI is InChI=1S/C16H17N3O/c1-12-6-8-18-16(15(12)11-17)19-9-7-13-4-3-5-14(10-13)20-2/h3-6,8,10H,7,9H2,1-2H3,(H,18,19). The van der Waals surface area contributed by atoms with Crippen LogP contribution in [0, 0.1) is 18.3 Å². The molecular formula is C16H17N3O. The van der Waals surface area contributed by atoms with Crippen molar-refractivity contribution in [2.24, 2.45) is 0 Å². The molecule has 0 unspecified atom stereocenters. The number of aryl methyl sites for hydroxylation is 1. The number of nitrogens with zero attached hydrogens (tertiary/aromatic N) is 2. The fraction of sp³-hybridized carbons (Fsp3) is 0.250. The molecule has 2 aromatic rings. The molecule has 1 aromatic heterocycles. The van der Waals surface area contributed by atoms with Crippen molar-refractivity contribution >= 4 is 5.82 Å². The summed E-state index contributed by atoms with van der Waals surface area (Å²) in [6.45, 7) is 2.63. The molecule has 0 atom stereocenters. The van der Waals surface area contributed by atoms with Crippen molar-refractivity contribution in [3.63, 3.8) is 0 Å². The van der Waals surface area contributed by atoms with Crippen molar-refractivity contribution in [3.8, 4) is 11.8 Å². The molecule has 0 saturated heterocycles. The highest BCUT2D eigenvalue weighted by Crippen LogP contribution is 2.16. The van der Waals surface area contributed by atoms with Crippen LogP contribution in [0.3, 0.4) is 0 Å². The van der Waals surface area contributed by atoms with Crippen LogP contribution in [0.25, 0.3) is 0 Å². The van der Waals surface area contributed by atoms with Gasteiger partial charge in [-0.3, -0.25) is 0 Å². The van der Waals surface area contributed by atoms with Gasteiger partial charge in [0.15, 0.2) is 0 Å². The molecule has 1 aromatic carbocycles. The number of aromatic nitrogens is 1. The number of pyridine rings is 1. The lowest BCUT2D eigenvalue weighted by Crippen LogP contribution is -2.08. The van der Waals surface area contributed by atoms with Gasteiger partial charge in [-0.2, -0.15) is 5.26 Å². The van der Waals surface area contributed by atoms with Gasteiger partial charge < -0.3 is 10.1 Å². The summed E-state index contributed by atoms with van der Waals surface area (Å²) in [4.78, 5) is 4.22. The van der Waals surface area contributed by atoms with E-state index in [2.05, 4.69) is 22.4 Å². The second kappa shape index (κ2) is 6.58. The molecular weight excluding hydrogens is 250 g/mol. The Morgan fingerprint density at radius 1 is 1.35 bits per heavy atom. The summed E-state index contributed by atoms with van der Waals surface area (Å²) in [5, 5.41) is 12.4. The van der Waals surface area contributed by atoms with Gasteiger partial charge in [0.05, 0.1) is 12.7 Å². The van der Waals surface area contributed by atoms with Gasteiger partial charge in [-0.15, -0.1) is 0 Å². The van der Waals surface area contributed by atoms with Crippen molar-refractivity contribution in [1.82, 2.24) is 4.98 Å². The van der Waals surface area contributed by atoms with Crippen LogP contribution < -0.4 is 10.1 Å². The maximum absolute atomic E-state index is 9.14. The number of rotatable bonds is 5. The highest BCUT2D eigenvalue weighted by molar-refractivity contribution is 5.55. The molecule has 20 heavy (non-hydrogen) atoms. The van der Waals surface area contributed by atoms with Crippen LogP contribution in [0.1, 0.15) is 16.7 Å². The van der Waals surface area contributed by atoms with E-state index in [4.69, 9.17) is 10.00 Å². The third kappa shape index (κ3) is 3.27. The van der Waals surface area contributed by atoms with Crippen LogP contribution in [0.2, 0.25) is 0 Å². The van der Waals surface area contributed by atoms with Gasteiger partial charge in [-0.05, 0) is 42.7 Å². The molecule has 0 aliphatic carbocycles. The molecule has 4 heteroatoms. The van der Waals surface area contributed by atoms with Crippen LogP contribution in [0.5, 0.6) is 5.75 Å². The van der Waals surface area contributed by atoms with E-state index in [1.165, 1.54) is 5.56 Å². The lowest BCUT2D eigenvalue weighted by molar-refractivity contribution is 0.414. The first-order valence-corrected chi connectivity index (χ1v) is 6.47. The highest BCUT2D eigenvalue weighted by Gasteiger charge is 2.05. The molecule has 0 bridgehead atoms. The molecule has 0 aliphatic heterocycles. The summed E-state index contributed by atoms with van der Waals surface area (Å²) in [7, 11) is 1.66. The number of nitriles is 1. The second-order valence-corrected chi connectivity index (χ2v) is 4.49. The zero-order valence-corrected chi connectivity index (χ0v) is 11.7. The number of ether oxygens (including phenoxy) is 1. The first-order valence-electron chi connectivity index (χ1n) is 6.47. The summed E-state index contributed by atoms with van der Waals surface area (Å²) < 4.78 is 5.20. The van der Waals surface area contributed by atoms with Gasteiger partial charge in [0.1, 0.15) is 17.6 Å². The Labute approximate surface area is 119 Å². The number of nitrogens with one attached hydrogen (secondary N) is 1. The molecule has 0 saturated carbocycles. The zero-order chi connectivity index (χ0) is 14.4. The SMILES string of the molecule is COc1cccc(CCNc2nccc(C)c2C#N)c1. The molecule has 0 amide bonds. The van der Waals surface area contributed by atoms with Crippen molar-refractivity contribution in [3.05, 3.63) is 53.2 Å². The largest absolute Gasteiger partial charge is 0.497 e. The highest BCUT2D eigenvalue weighted by atomic mass is 16.5. The Morgan fingerprint density at radius 3 is 2.95 bits per heavy atom. The van der Waals surface area contributed by atoms with Gasteiger partial charge in [0, 0.05) is 12.7 Å². The van der Waals surface area contributed by atoms with E-state index in [1.807, 2.05) is 31.2 Å². The van der Waals surface area contributed by atoms with E-state index in [0.717, 1.165) is 24.3 Å². The minimum atomic E-state index is 0.609. The van der Waals surface area contributed by atoms with Crippen molar-refractivity contribution in [2.75, 3.05) is 19.0 Å². The summed E-state index contributed by atoms with van der Waals surface area (Å²) in [5.74, 6) is 1.50. The number of hydrogen-bond acceptors (Lipinski definition) is 4. The van der Waals surface area contributed by atoms with E-state index >= 15 is 0 Å². The van der Waals surface area contributed by atoms with E-state index < -0.39 is 0 Å². The average molecular weight is 267 g/mol. The van der Waals surface area contributed by atoms with Crippen molar-refractivity contribution < 1.29 is 4.74 Å². The zero-order valence-electron chi connectivity index (χ0n) is 11.7. The Bertz CT molecular complexity index is 632. The Hall–Kier alpha value is -2.54. The van der Waals surface area contributed by atoms with Crippen molar-refractivity contribution in [2.45, 2.75) is 13.3 Å². The van der Waals surface area contributed by atoms with Crippen LogP contribution >= 0.6 is 0 Å². The predicted molar refractivity (Wildman–Crippen MR) is 78.9 cm³/mol. The molecule has 0 fully saturated rings. The smallest absolute Gasteiger partial charge is 0.144 e. The topological polar surface area (TPSA) is 57.9 Å². The molecule has 1 N–H and O–H groups in total. The van der Waals surface area contributed by atoms with E-state index in [9.17, 15) is 0 Å². The quantitative estimate of drug-likeness (QED) is 0.905. The third-order valence-corrected chi connectivity index (χ3v) is 3.11. The molecule has 0 spiro atoms. The van der Waals surface area contributed by atoms with E-state index in [1.54, 1.807) is 13.3 Å². The maximum atomic E-state index is 9.14. The van der Waals surface area contributed by atoms with Crippen LogP contribution in [0.15, 0.2) is 36.5 Å². The predicted octanol–water partition coefficient (Wildman–Crippen LogP) is 2.92. The second-order valence-electron chi connectivity index (χ2n) is 4.49. The Kier molecular flexibility index (Phi) is 4.56. The summed E-state index contributed by atoms with van der Waals surface area (Å²) >= 11 is 0. The fourth-order valence-corrected chi connectivity index (χ4v) is 1.99. The molecule has 4 nitrogen and oxygen atoms in total.